The summed E-state index contributed by atoms with van der Waals surface area (Å²) in [6.07, 6.45) is 1.52. The molecule has 1 saturated heterocycles. The van der Waals surface area contributed by atoms with Crippen molar-refractivity contribution in [2.75, 3.05) is 13.7 Å². The Hall–Kier alpha value is -2.47. The quantitative estimate of drug-likeness (QED) is 0.578. The van der Waals surface area contributed by atoms with Crippen molar-refractivity contribution in [2.24, 2.45) is 0 Å². The Kier molecular flexibility index (Phi) is 5.78. The van der Waals surface area contributed by atoms with E-state index in [4.69, 9.17) is 4.74 Å². The molecule has 4 rings (SSSR count). The van der Waals surface area contributed by atoms with Gasteiger partial charge >= 0.3 is 0 Å². The van der Waals surface area contributed by atoms with Crippen LogP contribution in [0.2, 0.25) is 0 Å². The molecule has 1 aliphatic rings. The molecule has 1 heterocycles. The second-order valence-corrected chi connectivity index (χ2v) is 9.65. The number of hydrogen-bond donors (Lipinski definition) is 0. The van der Waals surface area contributed by atoms with Crippen molar-refractivity contribution in [2.45, 2.75) is 36.3 Å². The summed E-state index contributed by atoms with van der Waals surface area (Å²) in [5.41, 5.74) is 2.05. The summed E-state index contributed by atoms with van der Waals surface area (Å²) in [4.78, 5) is 0.325. The number of ether oxygens (including phenoxy) is 1. The van der Waals surface area contributed by atoms with E-state index in [1.54, 1.807) is 23.5 Å². The van der Waals surface area contributed by atoms with Crippen molar-refractivity contribution >= 4 is 10.0 Å². The van der Waals surface area contributed by atoms with E-state index in [1.807, 2.05) is 79.7 Å². The molecule has 5 heteroatoms. The summed E-state index contributed by atoms with van der Waals surface area (Å²) < 4.78 is 35.2. The Labute approximate surface area is 179 Å². The fraction of sp³-hybridized carbons (Fsp3) is 0.280. The molecule has 1 fully saturated rings. The van der Waals surface area contributed by atoms with Gasteiger partial charge in [-0.25, -0.2) is 8.42 Å². The molecule has 3 aromatic carbocycles. The minimum absolute atomic E-state index is 0.325. The molecular formula is C25H27NO3S. The number of nitrogens with zero attached hydrogens (tertiary/aromatic N) is 1. The van der Waals surface area contributed by atoms with Crippen LogP contribution in [-0.4, -0.2) is 32.4 Å². The molecule has 0 saturated carbocycles. The van der Waals surface area contributed by atoms with Gasteiger partial charge in [0.05, 0.1) is 10.9 Å². The van der Waals surface area contributed by atoms with Gasteiger partial charge in [0, 0.05) is 13.7 Å². The summed E-state index contributed by atoms with van der Waals surface area (Å²) >= 11 is 0. The number of methoxy groups -OCH3 is 1. The summed E-state index contributed by atoms with van der Waals surface area (Å²) in [7, 11) is -1.98. The Balaban J connectivity index is 1.87. The van der Waals surface area contributed by atoms with Crippen LogP contribution in [0.5, 0.6) is 0 Å². The van der Waals surface area contributed by atoms with E-state index >= 15 is 0 Å². The van der Waals surface area contributed by atoms with Crippen molar-refractivity contribution in [1.82, 2.24) is 4.31 Å². The van der Waals surface area contributed by atoms with E-state index in [1.165, 1.54) is 0 Å². The fourth-order valence-corrected chi connectivity index (χ4v) is 6.28. The lowest BCUT2D eigenvalue weighted by atomic mass is 9.79. The van der Waals surface area contributed by atoms with Crippen molar-refractivity contribution in [3.63, 3.8) is 0 Å². The smallest absolute Gasteiger partial charge is 0.243 e. The first-order valence-corrected chi connectivity index (χ1v) is 11.7. The van der Waals surface area contributed by atoms with Crippen molar-refractivity contribution in [3.05, 3.63) is 102 Å². The zero-order valence-corrected chi connectivity index (χ0v) is 18.2. The molecule has 0 N–H and O–H groups in total. The van der Waals surface area contributed by atoms with Gasteiger partial charge in [0.15, 0.2) is 0 Å². The van der Waals surface area contributed by atoms with Crippen LogP contribution in [0.4, 0.5) is 0 Å². The molecule has 0 aliphatic carbocycles. The van der Waals surface area contributed by atoms with Gasteiger partial charge in [-0.05, 0) is 43.0 Å². The molecule has 30 heavy (non-hydrogen) atoms. The average Bonchev–Trinajstić information content (AvgIpc) is 3.28. The third kappa shape index (κ3) is 3.47. The topological polar surface area (TPSA) is 46.6 Å². The Morgan fingerprint density at radius 1 is 0.867 bits per heavy atom. The Bertz CT molecular complexity index is 1040. The van der Waals surface area contributed by atoms with E-state index in [-0.39, 0.29) is 6.04 Å². The van der Waals surface area contributed by atoms with Crippen molar-refractivity contribution in [3.8, 4) is 0 Å². The first-order chi connectivity index (χ1) is 14.5. The van der Waals surface area contributed by atoms with Crippen LogP contribution < -0.4 is 0 Å². The van der Waals surface area contributed by atoms with Gasteiger partial charge in [-0.1, -0.05) is 78.4 Å². The second kappa shape index (κ2) is 8.34. The fourth-order valence-electron chi connectivity index (χ4n) is 4.57. The van der Waals surface area contributed by atoms with E-state index in [0.29, 0.717) is 11.4 Å². The lowest BCUT2D eigenvalue weighted by Gasteiger charge is -2.42. The van der Waals surface area contributed by atoms with Crippen molar-refractivity contribution in [1.29, 1.82) is 0 Å². The van der Waals surface area contributed by atoms with Crippen LogP contribution in [-0.2, 0) is 20.4 Å². The molecule has 0 spiro atoms. The summed E-state index contributed by atoms with van der Waals surface area (Å²) in [6, 6.07) is 26.6. The predicted octanol–water partition coefficient (Wildman–Crippen LogP) is 4.74. The normalized spacial score (nSPS) is 17.9. The van der Waals surface area contributed by atoms with Crippen molar-refractivity contribution < 1.29 is 13.2 Å². The Morgan fingerprint density at radius 2 is 1.40 bits per heavy atom. The van der Waals surface area contributed by atoms with Gasteiger partial charge in [-0.15, -0.1) is 0 Å². The molecule has 0 amide bonds. The molecule has 4 nitrogen and oxygen atoms in total. The summed E-state index contributed by atoms with van der Waals surface area (Å²) in [6.45, 7) is 2.43. The number of aryl methyl sites for hydroxylation is 1. The van der Waals surface area contributed by atoms with E-state index in [9.17, 15) is 8.42 Å². The monoisotopic (exact) mass is 421 g/mol. The largest absolute Gasteiger partial charge is 0.367 e. The predicted molar refractivity (Wildman–Crippen MR) is 119 cm³/mol. The highest BCUT2D eigenvalue weighted by Gasteiger charge is 2.51. The zero-order valence-electron chi connectivity index (χ0n) is 17.4. The second-order valence-electron chi connectivity index (χ2n) is 7.76. The lowest BCUT2D eigenvalue weighted by molar-refractivity contribution is -0.0242. The molecule has 1 aliphatic heterocycles. The number of sulfonamides is 1. The molecule has 3 aromatic rings. The highest BCUT2D eigenvalue weighted by Crippen LogP contribution is 2.44. The van der Waals surface area contributed by atoms with Crippen LogP contribution >= 0.6 is 0 Å². The van der Waals surface area contributed by atoms with Crippen LogP contribution in [0.15, 0.2) is 89.8 Å². The molecule has 0 aromatic heterocycles. The number of hydrogen-bond acceptors (Lipinski definition) is 3. The lowest BCUT2D eigenvalue weighted by Crippen LogP contribution is -2.51. The highest BCUT2D eigenvalue weighted by atomic mass is 32.2. The van der Waals surface area contributed by atoms with E-state index in [0.717, 1.165) is 29.5 Å². The first-order valence-electron chi connectivity index (χ1n) is 10.2. The summed E-state index contributed by atoms with van der Waals surface area (Å²) in [5, 5.41) is 0. The average molecular weight is 422 g/mol. The highest BCUT2D eigenvalue weighted by molar-refractivity contribution is 7.89. The zero-order chi connectivity index (χ0) is 21.2. The van der Waals surface area contributed by atoms with Gasteiger partial charge in [0.1, 0.15) is 5.60 Å². The Morgan fingerprint density at radius 3 is 1.90 bits per heavy atom. The molecule has 1 atom stereocenters. The van der Waals surface area contributed by atoms with Crippen LogP contribution in [0.1, 0.15) is 29.5 Å². The molecule has 0 unspecified atom stereocenters. The maximum absolute atomic E-state index is 13.7. The van der Waals surface area contributed by atoms with Crippen LogP contribution in [0.3, 0.4) is 0 Å². The molecular weight excluding hydrogens is 394 g/mol. The SMILES string of the molecule is COC(c1ccccc1)(c1ccccc1)[C@@H]1CCCN1S(=O)(=O)c1ccc(C)cc1. The minimum atomic E-state index is -3.66. The third-order valence-corrected chi connectivity index (χ3v) is 7.95. The molecule has 0 bridgehead atoms. The van der Waals surface area contributed by atoms with Gasteiger partial charge in [0.25, 0.3) is 0 Å². The van der Waals surface area contributed by atoms with E-state index < -0.39 is 15.6 Å². The van der Waals surface area contributed by atoms with Crippen LogP contribution in [0.25, 0.3) is 0 Å². The number of rotatable bonds is 6. The third-order valence-electron chi connectivity index (χ3n) is 6.03. The van der Waals surface area contributed by atoms with Crippen LogP contribution in [0, 0.1) is 6.92 Å². The number of benzene rings is 3. The standard InChI is InChI=1S/C25H27NO3S/c1-20-15-17-23(18-16-20)30(27,28)26-19-9-14-24(26)25(29-2,21-10-5-3-6-11-21)22-12-7-4-8-13-22/h3-8,10-13,15-18,24H,9,14,19H2,1-2H3/t24-/m0/s1. The van der Waals surface area contributed by atoms with Gasteiger partial charge in [-0.2, -0.15) is 4.31 Å². The minimum Gasteiger partial charge on any atom is -0.367 e. The molecule has 156 valence electrons. The maximum atomic E-state index is 13.7. The molecule has 0 radical (unpaired) electrons. The first kappa shape index (κ1) is 20.8. The summed E-state index contributed by atoms with van der Waals surface area (Å²) in [5.74, 6) is 0. The maximum Gasteiger partial charge on any atom is 0.243 e. The van der Waals surface area contributed by atoms with Gasteiger partial charge in [-0.3, -0.25) is 0 Å². The van der Waals surface area contributed by atoms with E-state index in [2.05, 4.69) is 0 Å². The van der Waals surface area contributed by atoms with Gasteiger partial charge in [0.2, 0.25) is 10.0 Å². The van der Waals surface area contributed by atoms with Gasteiger partial charge < -0.3 is 4.74 Å².